The maximum absolute atomic E-state index is 11.2. The smallest absolute Gasteiger partial charge is 0.340 e. The first-order chi connectivity index (χ1) is 8.41. The van der Waals surface area contributed by atoms with Crippen molar-refractivity contribution in [2.24, 2.45) is 0 Å². The second-order valence-electron chi connectivity index (χ2n) is 4.55. The highest BCUT2D eigenvalue weighted by molar-refractivity contribution is 6.01. The first-order valence-electron chi connectivity index (χ1n) is 5.70. The molecule has 4 heteroatoms. The lowest BCUT2D eigenvalue weighted by Gasteiger charge is -2.09. The molecule has 0 unspecified atom stereocenters. The highest BCUT2D eigenvalue weighted by atomic mass is 16.4. The second kappa shape index (κ2) is 4.22. The molecule has 2 aromatic rings. The quantitative estimate of drug-likeness (QED) is 0.760. The molecule has 1 heterocycles. The van der Waals surface area contributed by atoms with Crippen molar-refractivity contribution in [1.82, 2.24) is 4.98 Å². The van der Waals surface area contributed by atoms with E-state index in [2.05, 4.69) is 4.98 Å². The number of carboxylic acid groups (broad SMARTS) is 1. The Morgan fingerprint density at radius 2 is 1.78 bits per heavy atom. The lowest BCUT2D eigenvalue weighted by atomic mass is 9.97. The van der Waals surface area contributed by atoms with E-state index in [9.17, 15) is 9.90 Å². The number of carbonyl (C=O) groups is 1. The van der Waals surface area contributed by atoms with Crippen molar-refractivity contribution < 1.29 is 9.90 Å². The van der Waals surface area contributed by atoms with Gasteiger partial charge in [-0.1, -0.05) is 6.07 Å². The van der Waals surface area contributed by atoms with Gasteiger partial charge in [-0.2, -0.15) is 0 Å². The predicted octanol–water partition coefficient (Wildman–Crippen LogP) is 2.89. The van der Waals surface area contributed by atoms with Crippen LogP contribution in [0.4, 0.5) is 5.69 Å². The number of hydrogen-bond donors (Lipinski definition) is 3. The summed E-state index contributed by atoms with van der Waals surface area (Å²) in [5.41, 5.74) is 10.9. The minimum atomic E-state index is -1.01. The Hall–Kier alpha value is -2.23. The van der Waals surface area contributed by atoms with Crippen LogP contribution in [0, 0.1) is 20.8 Å². The van der Waals surface area contributed by atoms with Gasteiger partial charge in [0.15, 0.2) is 0 Å². The van der Waals surface area contributed by atoms with Crippen LogP contribution in [0.2, 0.25) is 0 Å². The van der Waals surface area contributed by atoms with Crippen LogP contribution in [-0.2, 0) is 0 Å². The number of aromatic nitrogens is 1. The van der Waals surface area contributed by atoms with Gasteiger partial charge in [0.05, 0.1) is 11.4 Å². The number of benzene rings is 1. The van der Waals surface area contributed by atoms with Gasteiger partial charge >= 0.3 is 5.97 Å². The van der Waals surface area contributed by atoms with Crippen molar-refractivity contribution in [3.63, 3.8) is 0 Å². The van der Waals surface area contributed by atoms with Crippen LogP contribution in [0.25, 0.3) is 11.3 Å². The first-order valence-corrected chi connectivity index (χ1v) is 5.70. The topological polar surface area (TPSA) is 79.1 Å². The van der Waals surface area contributed by atoms with Crippen LogP contribution >= 0.6 is 0 Å². The molecule has 0 bridgehead atoms. The van der Waals surface area contributed by atoms with Crippen molar-refractivity contribution in [2.45, 2.75) is 20.8 Å². The van der Waals surface area contributed by atoms with Crippen molar-refractivity contribution in [3.8, 4) is 11.3 Å². The lowest BCUT2D eigenvalue weighted by Crippen LogP contribution is -2.02. The maximum atomic E-state index is 11.2. The fourth-order valence-electron chi connectivity index (χ4n) is 2.11. The van der Waals surface area contributed by atoms with E-state index in [0.29, 0.717) is 5.69 Å². The molecule has 4 nitrogen and oxygen atoms in total. The highest BCUT2D eigenvalue weighted by Gasteiger charge is 2.19. The molecule has 1 aromatic heterocycles. The van der Waals surface area contributed by atoms with Crippen LogP contribution in [-0.4, -0.2) is 16.1 Å². The van der Waals surface area contributed by atoms with Crippen molar-refractivity contribution in [2.75, 3.05) is 5.73 Å². The van der Waals surface area contributed by atoms with E-state index in [0.717, 1.165) is 16.7 Å². The summed E-state index contributed by atoms with van der Waals surface area (Å²) in [7, 11) is 0. The normalized spacial score (nSPS) is 10.6. The molecule has 1 aromatic carbocycles. The number of aromatic amines is 1. The molecule has 94 valence electrons. The zero-order chi connectivity index (χ0) is 13.4. The SMILES string of the molecule is Cc1cc(C)c(-c2[nH]cc(N)c2C(=O)O)cc1C. The molecule has 0 aliphatic carbocycles. The third kappa shape index (κ3) is 1.86. The van der Waals surface area contributed by atoms with Gasteiger partial charge in [-0.3, -0.25) is 0 Å². The Balaban J connectivity index is 2.70. The standard InChI is InChI=1S/C14H16N2O2/c1-7-4-9(3)10(5-8(7)2)13-12(14(17)18)11(15)6-16-13/h4-6,16H,15H2,1-3H3,(H,17,18). The molecule has 0 saturated heterocycles. The van der Waals surface area contributed by atoms with Gasteiger partial charge < -0.3 is 15.8 Å². The van der Waals surface area contributed by atoms with Crippen LogP contribution in [0.3, 0.4) is 0 Å². The monoisotopic (exact) mass is 244 g/mol. The van der Waals surface area contributed by atoms with Crippen LogP contribution in [0.5, 0.6) is 0 Å². The van der Waals surface area contributed by atoms with E-state index in [4.69, 9.17) is 5.73 Å². The molecule has 0 spiro atoms. The summed E-state index contributed by atoms with van der Waals surface area (Å²) in [6, 6.07) is 4.04. The van der Waals surface area contributed by atoms with E-state index in [1.54, 1.807) is 0 Å². The number of aromatic carboxylic acids is 1. The van der Waals surface area contributed by atoms with Crippen LogP contribution < -0.4 is 5.73 Å². The number of hydrogen-bond acceptors (Lipinski definition) is 2. The molecular weight excluding hydrogens is 228 g/mol. The Labute approximate surface area is 105 Å². The number of H-pyrrole nitrogens is 1. The maximum Gasteiger partial charge on any atom is 0.340 e. The average molecular weight is 244 g/mol. The molecular formula is C14H16N2O2. The number of nitrogens with two attached hydrogens (primary N) is 1. The zero-order valence-corrected chi connectivity index (χ0v) is 10.7. The number of aryl methyl sites for hydroxylation is 3. The summed E-state index contributed by atoms with van der Waals surface area (Å²) in [5.74, 6) is -1.01. The Morgan fingerprint density at radius 3 is 2.39 bits per heavy atom. The minimum Gasteiger partial charge on any atom is -0.478 e. The van der Waals surface area contributed by atoms with E-state index in [1.165, 1.54) is 11.8 Å². The molecule has 0 saturated carbocycles. The summed E-state index contributed by atoms with van der Waals surface area (Å²) >= 11 is 0. The summed E-state index contributed by atoms with van der Waals surface area (Å²) in [6.45, 7) is 6.00. The molecule has 0 aliphatic heterocycles. The summed E-state index contributed by atoms with van der Waals surface area (Å²) in [6.07, 6.45) is 1.52. The molecule has 0 aliphatic rings. The van der Waals surface area contributed by atoms with E-state index in [-0.39, 0.29) is 11.3 Å². The Kier molecular flexibility index (Phi) is 2.87. The van der Waals surface area contributed by atoms with Crippen LogP contribution in [0.1, 0.15) is 27.0 Å². The molecule has 4 N–H and O–H groups in total. The predicted molar refractivity (Wildman–Crippen MR) is 71.8 cm³/mol. The molecule has 18 heavy (non-hydrogen) atoms. The van der Waals surface area contributed by atoms with Gasteiger partial charge in [-0.05, 0) is 43.5 Å². The van der Waals surface area contributed by atoms with Crippen LogP contribution in [0.15, 0.2) is 18.3 Å². The van der Waals surface area contributed by atoms with Crippen molar-refractivity contribution >= 4 is 11.7 Å². The minimum absolute atomic E-state index is 0.140. The highest BCUT2D eigenvalue weighted by Crippen LogP contribution is 2.31. The zero-order valence-electron chi connectivity index (χ0n) is 10.7. The summed E-state index contributed by atoms with van der Waals surface area (Å²) in [5, 5.41) is 9.21. The number of anilines is 1. The fraction of sp³-hybridized carbons (Fsp3) is 0.214. The second-order valence-corrected chi connectivity index (χ2v) is 4.55. The molecule has 0 radical (unpaired) electrons. The molecule has 0 fully saturated rings. The molecule has 2 rings (SSSR count). The van der Waals surface area contributed by atoms with Crippen molar-refractivity contribution in [1.29, 1.82) is 0 Å². The van der Waals surface area contributed by atoms with Gasteiger partial charge in [0, 0.05) is 11.8 Å². The summed E-state index contributed by atoms with van der Waals surface area (Å²) < 4.78 is 0. The average Bonchev–Trinajstić information content (AvgIpc) is 2.65. The number of rotatable bonds is 2. The first kappa shape index (κ1) is 12.2. The summed E-state index contributed by atoms with van der Waals surface area (Å²) in [4.78, 5) is 14.2. The molecule has 0 amide bonds. The lowest BCUT2D eigenvalue weighted by molar-refractivity contribution is 0.0699. The third-order valence-electron chi connectivity index (χ3n) is 3.23. The number of nitrogens with one attached hydrogen (secondary N) is 1. The van der Waals surface area contributed by atoms with E-state index >= 15 is 0 Å². The van der Waals surface area contributed by atoms with Gasteiger partial charge in [0.25, 0.3) is 0 Å². The largest absolute Gasteiger partial charge is 0.478 e. The van der Waals surface area contributed by atoms with E-state index < -0.39 is 5.97 Å². The van der Waals surface area contributed by atoms with Gasteiger partial charge in [0.2, 0.25) is 0 Å². The van der Waals surface area contributed by atoms with Gasteiger partial charge in [-0.15, -0.1) is 0 Å². The van der Waals surface area contributed by atoms with Gasteiger partial charge in [0.1, 0.15) is 5.56 Å². The van der Waals surface area contributed by atoms with Gasteiger partial charge in [-0.25, -0.2) is 4.79 Å². The Bertz CT molecular complexity index is 627. The van der Waals surface area contributed by atoms with E-state index in [1.807, 2.05) is 32.9 Å². The fourth-order valence-corrected chi connectivity index (χ4v) is 2.11. The molecule has 0 atom stereocenters. The van der Waals surface area contributed by atoms with Crippen molar-refractivity contribution in [3.05, 3.63) is 40.6 Å². The number of carboxylic acids is 1. The number of nitrogen functional groups attached to an aromatic ring is 1. The Morgan fingerprint density at radius 1 is 1.17 bits per heavy atom. The third-order valence-corrected chi connectivity index (χ3v) is 3.23.